The minimum atomic E-state index is 0. The molecule has 1 aromatic rings. The third kappa shape index (κ3) is 4.77. The molecule has 1 aliphatic carbocycles. The third-order valence-corrected chi connectivity index (χ3v) is 5.13. The topological polar surface area (TPSA) is 24.5 Å². The van der Waals surface area contributed by atoms with Crippen LogP contribution in [-0.4, -0.2) is 38.2 Å². The van der Waals surface area contributed by atoms with Crippen LogP contribution in [0.25, 0.3) is 0 Å². The van der Waals surface area contributed by atoms with Gasteiger partial charge in [-0.25, -0.2) is 0 Å². The van der Waals surface area contributed by atoms with Crippen molar-refractivity contribution in [3.05, 3.63) is 23.3 Å². The van der Waals surface area contributed by atoms with Crippen LogP contribution in [0.1, 0.15) is 49.7 Å². The highest BCUT2D eigenvalue weighted by atomic mass is 35.5. The molecule has 0 spiro atoms. The van der Waals surface area contributed by atoms with Gasteiger partial charge in [-0.3, -0.25) is 0 Å². The van der Waals surface area contributed by atoms with Gasteiger partial charge < -0.3 is 15.0 Å². The van der Waals surface area contributed by atoms with Crippen LogP contribution in [-0.2, 0) is 12.8 Å². The Balaban J connectivity index is 0.00000192. The molecule has 1 saturated heterocycles. The molecule has 2 aliphatic rings. The maximum atomic E-state index is 5.54. The molecule has 1 heterocycles. The predicted molar refractivity (Wildman–Crippen MR) is 100 cm³/mol. The maximum Gasteiger partial charge on any atom is 0.122 e. The second kappa shape index (κ2) is 9.39. The first-order chi connectivity index (χ1) is 10.9. The summed E-state index contributed by atoms with van der Waals surface area (Å²) < 4.78 is 5.54. The highest BCUT2D eigenvalue weighted by Crippen LogP contribution is 2.34. The normalized spacial score (nSPS) is 18.0. The number of halogens is 1. The van der Waals surface area contributed by atoms with Crippen LogP contribution in [0.15, 0.2) is 12.1 Å². The number of methoxy groups -OCH3 is 1. The van der Waals surface area contributed by atoms with Crippen molar-refractivity contribution in [2.45, 2.75) is 51.4 Å². The molecule has 1 N–H and O–H groups in total. The summed E-state index contributed by atoms with van der Waals surface area (Å²) in [6.07, 6.45) is 10.4. The van der Waals surface area contributed by atoms with Gasteiger partial charge in [-0.15, -0.1) is 12.4 Å². The minimum absolute atomic E-state index is 0. The van der Waals surface area contributed by atoms with Gasteiger partial charge in [0.05, 0.1) is 7.11 Å². The highest BCUT2D eigenvalue weighted by molar-refractivity contribution is 5.85. The molecule has 3 nitrogen and oxygen atoms in total. The lowest BCUT2D eigenvalue weighted by atomic mass is 9.89. The van der Waals surface area contributed by atoms with E-state index < -0.39 is 0 Å². The van der Waals surface area contributed by atoms with E-state index in [1.54, 1.807) is 7.11 Å². The number of nitrogens with one attached hydrogen (secondary N) is 1. The third-order valence-electron chi connectivity index (χ3n) is 5.13. The van der Waals surface area contributed by atoms with Crippen molar-refractivity contribution in [2.24, 2.45) is 0 Å². The summed E-state index contributed by atoms with van der Waals surface area (Å²) in [7, 11) is 1.79. The van der Waals surface area contributed by atoms with Crippen molar-refractivity contribution in [2.75, 3.05) is 38.6 Å². The lowest BCUT2D eigenvalue weighted by Gasteiger charge is -2.26. The Labute approximate surface area is 147 Å². The van der Waals surface area contributed by atoms with Crippen molar-refractivity contribution in [3.63, 3.8) is 0 Å². The largest absolute Gasteiger partial charge is 0.496 e. The van der Waals surface area contributed by atoms with Crippen molar-refractivity contribution in [3.8, 4) is 5.75 Å². The van der Waals surface area contributed by atoms with Crippen LogP contribution in [0.4, 0.5) is 5.69 Å². The zero-order valence-electron chi connectivity index (χ0n) is 14.4. The molecule has 0 radical (unpaired) electrons. The number of rotatable bonds is 6. The van der Waals surface area contributed by atoms with Gasteiger partial charge in [0.15, 0.2) is 0 Å². The van der Waals surface area contributed by atoms with Gasteiger partial charge in [0.2, 0.25) is 0 Å². The molecule has 1 aliphatic heterocycles. The SMILES string of the molecule is COc1ccc(NCCCN2CCCCC2)c2c1CCCC2.Cl. The molecule has 0 amide bonds. The van der Waals surface area contributed by atoms with Gasteiger partial charge in [-0.1, -0.05) is 6.42 Å². The zero-order chi connectivity index (χ0) is 15.2. The van der Waals surface area contributed by atoms with E-state index in [0.717, 1.165) is 12.3 Å². The smallest absolute Gasteiger partial charge is 0.122 e. The van der Waals surface area contributed by atoms with Gasteiger partial charge in [-0.2, -0.15) is 0 Å². The first-order valence-electron chi connectivity index (χ1n) is 9.03. The lowest BCUT2D eigenvalue weighted by Crippen LogP contribution is -2.31. The summed E-state index contributed by atoms with van der Waals surface area (Å²) in [5.41, 5.74) is 4.28. The number of nitrogens with zero attached hydrogens (tertiary/aromatic N) is 1. The maximum absolute atomic E-state index is 5.54. The zero-order valence-corrected chi connectivity index (χ0v) is 15.2. The van der Waals surface area contributed by atoms with Gasteiger partial charge in [0, 0.05) is 12.2 Å². The molecular weight excluding hydrogens is 308 g/mol. The number of hydrogen-bond donors (Lipinski definition) is 1. The molecule has 1 fully saturated rings. The molecule has 0 unspecified atom stereocenters. The summed E-state index contributed by atoms with van der Waals surface area (Å²) >= 11 is 0. The van der Waals surface area contributed by atoms with E-state index in [9.17, 15) is 0 Å². The fourth-order valence-corrected chi connectivity index (χ4v) is 3.90. The van der Waals surface area contributed by atoms with Crippen LogP contribution >= 0.6 is 12.4 Å². The summed E-state index contributed by atoms with van der Waals surface area (Å²) in [5.74, 6) is 1.08. The summed E-state index contributed by atoms with van der Waals surface area (Å²) in [6.45, 7) is 4.93. The standard InChI is InChI=1S/C19H30N2O.ClH/c1-22-19-11-10-18(16-8-3-4-9-17(16)19)20-12-7-15-21-13-5-2-6-14-21;/h10-11,20H,2-9,12-15H2,1H3;1H. The molecule has 23 heavy (non-hydrogen) atoms. The van der Waals surface area contributed by atoms with E-state index in [-0.39, 0.29) is 12.4 Å². The Kier molecular flexibility index (Phi) is 7.51. The summed E-state index contributed by atoms with van der Waals surface area (Å²) in [4.78, 5) is 2.62. The van der Waals surface area contributed by atoms with Gasteiger partial charge >= 0.3 is 0 Å². The van der Waals surface area contributed by atoms with Crippen LogP contribution in [0, 0.1) is 0 Å². The Hall–Kier alpha value is -0.930. The van der Waals surface area contributed by atoms with Crippen LogP contribution in [0.3, 0.4) is 0 Å². The number of piperidine rings is 1. The monoisotopic (exact) mass is 338 g/mol. The van der Waals surface area contributed by atoms with Gasteiger partial charge in [0.1, 0.15) is 5.75 Å². The van der Waals surface area contributed by atoms with Crippen LogP contribution in [0.5, 0.6) is 5.75 Å². The molecule has 130 valence electrons. The average molecular weight is 339 g/mol. The van der Waals surface area contributed by atoms with E-state index in [1.807, 2.05) is 0 Å². The summed E-state index contributed by atoms with van der Waals surface area (Å²) in [5, 5.41) is 3.68. The number of anilines is 1. The first kappa shape index (κ1) is 18.4. The lowest BCUT2D eigenvalue weighted by molar-refractivity contribution is 0.228. The number of benzene rings is 1. The molecule has 1 aromatic carbocycles. The Morgan fingerprint density at radius 2 is 1.74 bits per heavy atom. The number of likely N-dealkylation sites (tertiary alicyclic amines) is 1. The average Bonchev–Trinajstić information content (AvgIpc) is 2.59. The Morgan fingerprint density at radius 3 is 2.48 bits per heavy atom. The molecular formula is C19H31ClN2O. The van der Waals surface area contributed by atoms with Crippen molar-refractivity contribution < 1.29 is 4.74 Å². The summed E-state index contributed by atoms with van der Waals surface area (Å²) in [6, 6.07) is 4.35. The van der Waals surface area contributed by atoms with E-state index in [1.165, 1.54) is 87.8 Å². The quantitative estimate of drug-likeness (QED) is 0.783. The minimum Gasteiger partial charge on any atom is -0.496 e. The highest BCUT2D eigenvalue weighted by Gasteiger charge is 2.17. The first-order valence-corrected chi connectivity index (χ1v) is 9.03. The van der Waals surface area contributed by atoms with Gasteiger partial charge in [-0.05, 0) is 87.8 Å². The number of ether oxygens (including phenoxy) is 1. The fraction of sp³-hybridized carbons (Fsp3) is 0.684. The second-order valence-corrected chi connectivity index (χ2v) is 6.66. The second-order valence-electron chi connectivity index (χ2n) is 6.66. The van der Waals surface area contributed by atoms with Crippen LogP contribution in [0.2, 0.25) is 0 Å². The Bertz CT molecular complexity index is 487. The van der Waals surface area contributed by atoms with E-state index in [4.69, 9.17) is 4.74 Å². The molecule has 0 atom stereocenters. The van der Waals surface area contributed by atoms with Gasteiger partial charge in [0.25, 0.3) is 0 Å². The van der Waals surface area contributed by atoms with Crippen molar-refractivity contribution in [1.29, 1.82) is 0 Å². The van der Waals surface area contributed by atoms with Crippen molar-refractivity contribution >= 4 is 18.1 Å². The molecule has 0 saturated carbocycles. The number of fused-ring (bicyclic) bond motifs is 1. The van der Waals surface area contributed by atoms with E-state index in [2.05, 4.69) is 22.3 Å². The molecule has 4 heteroatoms. The Morgan fingerprint density at radius 1 is 1.00 bits per heavy atom. The van der Waals surface area contributed by atoms with Crippen LogP contribution < -0.4 is 10.1 Å². The number of hydrogen-bond acceptors (Lipinski definition) is 3. The predicted octanol–water partition coefficient (Wildman–Crippen LogP) is 4.28. The molecule has 3 rings (SSSR count). The van der Waals surface area contributed by atoms with Crippen molar-refractivity contribution in [1.82, 2.24) is 4.90 Å². The van der Waals surface area contributed by atoms with E-state index in [0.29, 0.717) is 0 Å². The molecule has 0 bridgehead atoms. The molecule has 0 aromatic heterocycles. The fourth-order valence-electron chi connectivity index (χ4n) is 3.90. The van der Waals surface area contributed by atoms with E-state index >= 15 is 0 Å².